The first-order valence-corrected chi connectivity index (χ1v) is 12.4. The van der Waals surface area contributed by atoms with Crippen molar-refractivity contribution in [2.45, 2.75) is 19.1 Å². The molecule has 4 rings (SSSR count). The van der Waals surface area contributed by atoms with E-state index in [1.807, 2.05) is 58.3 Å². The van der Waals surface area contributed by atoms with Gasteiger partial charge in [0.15, 0.2) is 11.5 Å². The zero-order valence-electron chi connectivity index (χ0n) is 20.6. The lowest BCUT2D eigenvalue weighted by molar-refractivity contribution is 0.102. The van der Waals surface area contributed by atoms with Crippen LogP contribution in [-0.4, -0.2) is 47.2 Å². The van der Waals surface area contributed by atoms with Gasteiger partial charge in [-0.1, -0.05) is 23.9 Å². The fourth-order valence-electron chi connectivity index (χ4n) is 3.40. The number of hydrogen-bond donors (Lipinski definition) is 2. The number of amides is 1. The van der Waals surface area contributed by atoms with Crippen LogP contribution in [0.4, 0.5) is 21.6 Å². The highest BCUT2D eigenvalue weighted by atomic mass is 32.2. The van der Waals surface area contributed by atoms with Crippen LogP contribution in [0.15, 0.2) is 70.4 Å². The van der Waals surface area contributed by atoms with E-state index in [0.29, 0.717) is 22.2 Å². The highest BCUT2D eigenvalue weighted by Crippen LogP contribution is 2.31. The molecule has 2 N–H and O–H groups in total. The maximum Gasteiger partial charge on any atom is 0.278 e. The maximum atomic E-state index is 13.5. The Morgan fingerprint density at radius 3 is 2.58 bits per heavy atom. The summed E-state index contributed by atoms with van der Waals surface area (Å²) in [7, 11) is 3.97. The van der Waals surface area contributed by atoms with Crippen LogP contribution in [0, 0.1) is 19.7 Å². The van der Waals surface area contributed by atoms with Crippen molar-refractivity contribution in [1.29, 1.82) is 0 Å². The van der Waals surface area contributed by atoms with E-state index in [0.717, 1.165) is 34.9 Å². The van der Waals surface area contributed by atoms with Crippen LogP contribution < -0.4 is 10.6 Å². The van der Waals surface area contributed by atoms with Gasteiger partial charge in [-0.05, 0) is 81.5 Å². The van der Waals surface area contributed by atoms with Gasteiger partial charge in [0.2, 0.25) is 0 Å². The number of aryl methyl sites for hydroxylation is 2. The molecular formula is C27H28FN5O2S. The predicted molar refractivity (Wildman–Crippen MR) is 143 cm³/mol. The van der Waals surface area contributed by atoms with Gasteiger partial charge < -0.3 is 20.0 Å². The lowest BCUT2D eigenvalue weighted by Crippen LogP contribution is -2.15. The highest BCUT2D eigenvalue weighted by molar-refractivity contribution is 7.99. The van der Waals surface area contributed by atoms with Gasteiger partial charge >= 0.3 is 0 Å². The van der Waals surface area contributed by atoms with Gasteiger partial charge in [0, 0.05) is 35.4 Å². The van der Waals surface area contributed by atoms with E-state index in [9.17, 15) is 9.18 Å². The lowest BCUT2D eigenvalue weighted by Gasteiger charge is -2.13. The summed E-state index contributed by atoms with van der Waals surface area (Å²) >= 11 is 1.42. The Morgan fingerprint density at radius 1 is 1.08 bits per heavy atom. The molecule has 7 nitrogen and oxygen atoms in total. The van der Waals surface area contributed by atoms with Crippen LogP contribution in [0.1, 0.15) is 21.6 Å². The Balaban J connectivity index is 1.59. The fraction of sp³-hybridized carbons (Fsp3) is 0.222. The van der Waals surface area contributed by atoms with Crippen molar-refractivity contribution in [2.75, 3.05) is 37.0 Å². The minimum absolute atomic E-state index is 0.143. The number of carbonyl (C=O) groups is 1. The molecule has 36 heavy (non-hydrogen) atoms. The fourth-order valence-corrected chi connectivity index (χ4v) is 4.33. The summed E-state index contributed by atoms with van der Waals surface area (Å²) in [5, 5.41) is 6.64. The van der Waals surface area contributed by atoms with E-state index in [1.54, 1.807) is 18.3 Å². The van der Waals surface area contributed by atoms with E-state index in [4.69, 9.17) is 4.42 Å². The highest BCUT2D eigenvalue weighted by Gasteiger charge is 2.22. The van der Waals surface area contributed by atoms with Gasteiger partial charge in [-0.3, -0.25) is 4.79 Å². The number of nitrogens with one attached hydrogen (secondary N) is 2. The summed E-state index contributed by atoms with van der Waals surface area (Å²) in [5.74, 6) is 1.01. The first-order valence-electron chi connectivity index (χ1n) is 11.4. The summed E-state index contributed by atoms with van der Waals surface area (Å²) in [6, 6.07) is 15.3. The summed E-state index contributed by atoms with van der Waals surface area (Å²) in [4.78, 5) is 24.2. The molecular weight excluding hydrogens is 477 g/mol. The van der Waals surface area contributed by atoms with Crippen LogP contribution in [0.2, 0.25) is 0 Å². The van der Waals surface area contributed by atoms with E-state index >= 15 is 0 Å². The molecule has 0 radical (unpaired) electrons. The van der Waals surface area contributed by atoms with E-state index in [-0.39, 0.29) is 11.5 Å². The summed E-state index contributed by atoms with van der Waals surface area (Å²) in [5.41, 5.74) is 4.16. The first-order chi connectivity index (χ1) is 17.3. The first kappa shape index (κ1) is 25.4. The van der Waals surface area contributed by atoms with Crippen LogP contribution >= 0.6 is 11.8 Å². The maximum absolute atomic E-state index is 13.5. The molecule has 2 heterocycles. The number of anilines is 3. The largest absolute Gasteiger partial charge is 0.430 e. The molecule has 0 aliphatic heterocycles. The third-order valence-corrected chi connectivity index (χ3v) is 6.26. The number of pyridine rings is 1. The van der Waals surface area contributed by atoms with Crippen molar-refractivity contribution >= 4 is 34.9 Å². The number of oxazole rings is 1. The molecule has 0 atom stereocenters. The smallest absolute Gasteiger partial charge is 0.278 e. The van der Waals surface area contributed by atoms with Crippen LogP contribution in [0.3, 0.4) is 0 Å². The van der Waals surface area contributed by atoms with Gasteiger partial charge in [0.05, 0.1) is 0 Å². The van der Waals surface area contributed by atoms with Crippen LogP contribution in [0.25, 0.3) is 11.3 Å². The normalized spacial score (nSPS) is 11.1. The number of carbonyl (C=O) groups excluding carboxylic acids is 1. The van der Waals surface area contributed by atoms with Crippen molar-refractivity contribution in [3.05, 3.63) is 83.4 Å². The third-order valence-electron chi connectivity index (χ3n) is 5.45. The number of hydrogen-bond acceptors (Lipinski definition) is 7. The topological polar surface area (TPSA) is 83.3 Å². The second kappa shape index (κ2) is 11.4. The van der Waals surface area contributed by atoms with E-state index in [1.165, 1.54) is 23.9 Å². The SMILES string of the molecule is Cc1ccc(NC(=O)c2nc(SCCN(C)C)oc2-c2ccc(F)cc2)cc1Nc1ncccc1C. The zero-order chi connectivity index (χ0) is 25.7. The van der Waals surface area contributed by atoms with Gasteiger partial charge in [0.1, 0.15) is 11.6 Å². The molecule has 0 bridgehead atoms. The molecule has 0 aliphatic carbocycles. The summed E-state index contributed by atoms with van der Waals surface area (Å²) < 4.78 is 19.4. The molecule has 2 aromatic carbocycles. The van der Waals surface area contributed by atoms with Crippen molar-refractivity contribution in [2.24, 2.45) is 0 Å². The van der Waals surface area contributed by atoms with Gasteiger partial charge in [-0.25, -0.2) is 9.37 Å². The molecule has 4 aromatic rings. The van der Waals surface area contributed by atoms with Crippen molar-refractivity contribution < 1.29 is 13.6 Å². The number of nitrogens with zero attached hydrogens (tertiary/aromatic N) is 3. The molecule has 0 aliphatic rings. The molecule has 0 unspecified atom stereocenters. The predicted octanol–water partition coefficient (Wildman–Crippen LogP) is 6.14. The number of halogens is 1. The third kappa shape index (κ3) is 6.30. The molecule has 0 spiro atoms. The van der Waals surface area contributed by atoms with Crippen molar-refractivity contribution in [3.63, 3.8) is 0 Å². The second-order valence-corrected chi connectivity index (χ2v) is 9.64. The molecule has 2 aromatic heterocycles. The van der Waals surface area contributed by atoms with E-state index < -0.39 is 5.91 Å². The lowest BCUT2D eigenvalue weighted by atomic mass is 10.1. The second-order valence-electron chi connectivity index (χ2n) is 8.59. The summed E-state index contributed by atoms with van der Waals surface area (Å²) in [6.07, 6.45) is 1.73. The van der Waals surface area contributed by atoms with Gasteiger partial charge in [0.25, 0.3) is 11.1 Å². The molecule has 186 valence electrons. The Labute approximate surface area is 214 Å². The average Bonchev–Trinajstić information content (AvgIpc) is 3.27. The Bertz CT molecular complexity index is 1350. The number of thioether (sulfide) groups is 1. The molecule has 0 saturated carbocycles. The molecule has 1 amide bonds. The molecule has 9 heteroatoms. The summed E-state index contributed by atoms with van der Waals surface area (Å²) in [6.45, 7) is 4.79. The van der Waals surface area contributed by atoms with Crippen molar-refractivity contribution in [3.8, 4) is 11.3 Å². The minimum Gasteiger partial charge on any atom is -0.430 e. The van der Waals surface area contributed by atoms with Crippen molar-refractivity contribution in [1.82, 2.24) is 14.9 Å². The monoisotopic (exact) mass is 505 g/mol. The van der Waals surface area contributed by atoms with Crippen LogP contribution in [0.5, 0.6) is 0 Å². The number of benzene rings is 2. The quantitative estimate of drug-likeness (QED) is 0.264. The van der Waals surface area contributed by atoms with Crippen LogP contribution in [-0.2, 0) is 0 Å². The number of rotatable bonds is 9. The van der Waals surface area contributed by atoms with Gasteiger partial charge in [-0.2, -0.15) is 4.98 Å². The minimum atomic E-state index is -0.415. The van der Waals surface area contributed by atoms with E-state index in [2.05, 4.69) is 25.5 Å². The van der Waals surface area contributed by atoms with Gasteiger partial charge in [-0.15, -0.1) is 0 Å². The Hall–Kier alpha value is -3.69. The Kier molecular flexibility index (Phi) is 8.02. The standard InChI is InChI=1S/C27H28FN5O2S/c1-17-7-12-21(16-22(17)31-25-18(2)6-5-13-29-25)30-26(34)23-24(19-8-10-20(28)11-9-19)35-27(32-23)36-15-14-33(3)4/h5-13,16H,14-15H2,1-4H3,(H,29,31)(H,30,34). The molecule has 0 fully saturated rings. The number of aromatic nitrogens is 2. The Morgan fingerprint density at radius 2 is 1.86 bits per heavy atom. The molecule has 0 saturated heterocycles. The zero-order valence-corrected chi connectivity index (χ0v) is 21.4. The average molecular weight is 506 g/mol.